The van der Waals surface area contributed by atoms with Gasteiger partial charge < -0.3 is 102 Å². The smallest absolute Gasteiger partial charge is 0.306 e. The molecule has 0 radical (unpaired) electrons. The normalized spacial score (nSPS) is 40.3. The quantitative estimate of drug-likeness (QED) is 0.0231. The number of hydrogen-bond donors (Lipinski definition) is 8. The van der Waals surface area contributed by atoms with Crippen molar-refractivity contribution in [3.63, 3.8) is 0 Å². The second-order valence-electron chi connectivity index (χ2n) is 26.2. The zero-order chi connectivity index (χ0) is 65.4. The van der Waals surface area contributed by atoms with Crippen LogP contribution in [-0.4, -0.2) is 218 Å². The van der Waals surface area contributed by atoms with E-state index in [1.807, 2.05) is 0 Å². The molecule has 2 bridgehead atoms. The summed E-state index contributed by atoms with van der Waals surface area (Å²) in [6, 6.07) is 0. The standard InChI is InChI=1S/C66H116O24/c1-9-12-15-17-18-19-22-26-32-37-46(69)86-61-60(90-62-52(75)49(72)47(70)38(4)78-62)57(87-63-53(76)51(74)55(40(6)80-63)84-44(67)35-30-24-16-13-10-2)42(8)82-66(61)88-56-41(7)81-64-54(77)58(56)85-45(68)36-31-27-23-20-21-25-29-34-43(33-28-14-11-3)83-65-59(89-64)50(73)48(71)39(5)79-65/h38-43,47-66,70-77H,9-37H2,1-8H3/t38-,39+,40-,41-,42-,43-,47-,48-,49+,50-,51-,52+,53+,54+,55-,56-,57-,58-,59+,60+,61+,62-,63-,64-,65-,66-/m0/s1. The molecule has 0 amide bonds. The van der Waals surface area contributed by atoms with Gasteiger partial charge in [-0.15, -0.1) is 0 Å². The first-order valence-corrected chi connectivity index (χ1v) is 34.8. The van der Waals surface area contributed by atoms with Crippen molar-refractivity contribution in [1.29, 1.82) is 0 Å². The van der Waals surface area contributed by atoms with E-state index in [1.54, 1.807) is 13.8 Å². The van der Waals surface area contributed by atoms with Crippen molar-refractivity contribution in [2.75, 3.05) is 0 Å². The minimum absolute atomic E-state index is 0.0241. The maximum absolute atomic E-state index is 14.4. The summed E-state index contributed by atoms with van der Waals surface area (Å²) < 4.78 is 82.8. The fourth-order valence-electron chi connectivity index (χ4n) is 13.0. The molecule has 6 aliphatic heterocycles. The van der Waals surface area contributed by atoms with E-state index in [2.05, 4.69) is 20.8 Å². The topological polar surface area (TPSA) is 333 Å². The van der Waals surface area contributed by atoms with Crippen LogP contribution in [0, 0.1) is 0 Å². The van der Waals surface area contributed by atoms with Crippen LogP contribution in [0.4, 0.5) is 0 Å². The molecular weight excluding hydrogens is 1180 g/mol. The van der Waals surface area contributed by atoms with Gasteiger partial charge in [0.25, 0.3) is 0 Å². The second kappa shape index (κ2) is 39.7. The summed E-state index contributed by atoms with van der Waals surface area (Å²) in [6.45, 7) is 14.1. The van der Waals surface area contributed by atoms with Crippen LogP contribution in [0.1, 0.15) is 242 Å². The number of rotatable bonds is 28. The van der Waals surface area contributed by atoms with Crippen LogP contribution >= 0.6 is 0 Å². The summed E-state index contributed by atoms with van der Waals surface area (Å²) in [6.07, 6.45) is -14.9. The molecule has 6 rings (SSSR count). The van der Waals surface area contributed by atoms with Gasteiger partial charge in [-0.1, -0.05) is 156 Å². The van der Waals surface area contributed by atoms with Crippen LogP contribution in [0.15, 0.2) is 0 Å². The predicted molar refractivity (Wildman–Crippen MR) is 325 cm³/mol. The maximum Gasteiger partial charge on any atom is 0.306 e. The Morgan fingerprint density at radius 2 is 0.844 bits per heavy atom. The van der Waals surface area contributed by atoms with E-state index in [-0.39, 0.29) is 25.4 Å². The highest BCUT2D eigenvalue weighted by molar-refractivity contribution is 5.70. The molecule has 6 aliphatic rings. The van der Waals surface area contributed by atoms with E-state index in [0.29, 0.717) is 25.7 Å². The number of unbranched alkanes of at least 4 members (excludes halogenated alkanes) is 14. The summed E-state index contributed by atoms with van der Waals surface area (Å²) in [5, 5.41) is 92.2. The van der Waals surface area contributed by atoms with Gasteiger partial charge in [0, 0.05) is 19.3 Å². The van der Waals surface area contributed by atoms with Crippen LogP contribution < -0.4 is 0 Å². The zero-order valence-corrected chi connectivity index (χ0v) is 55.1. The van der Waals surface area contributed by atoms with Crippen LogP contribution in [0.5, 0.6) is 0 Å². The third kappa shape index (κ3) is 22.7. The highest BCUT2D eigenvalue weighted by atomic mass is 16.8. The van der Waals surface area contributed by atoms with Crippen molar-refractivity contribution in [2.24, 2.45) is 0 Å². The number of carbonyl (C=O) groups excluding carboxylic acids is 3. The molecule has 90 heavy (non-hydrogen) atoms. The zero-order valence-electron chi connectivity index (χ0n) is 55.1. The van der Waals surface area contributed by atoms with Crippen molar-refractivity contribution in [1.82, 2.24) is 0 Å². The van der Waals surface area contributed by atoms with Gasteiger partial charge >= 0.3 is 17.9 Å². The third-order valence-electron chi connectivity index (χ3n) is 18.6. The Kier molecular flexibility index (Phi) is 33.8. The van der Waals surface area contributed by atoms with E-state index in [9.17, 15) is 55.2 Å². The molecule has 6 heterocycles. The Hall–Kier alpha value is -2.31. The van der Waals surface area contributed by atoms with E-state index >= 15 is 0 Å². The molecule has 8 N–H and O–H groups in total. The largest absolute Gasteiger partial charge is 0.457 e. The Morgan fingerprint density at radius 1 is 0.389 bits per heavy atom. The average molecular weight is 1290 g/mol. The van der Waals surface area contributed by atoms with Crippen molar-refractivity contribution in [2.45, 2.75) is 401 Å². The molecule has 6 fully saturated rings. The molecule has 0 spiro atoms. The lowest BCUT2D eigenvalue weighted by molar-refractivity contribution is -0.399. The highest BCUT2D eigenvalue weighted by Crippen LogP contribution is 2.40. The molecule has 26 atom stereocenters. The van der Waals surface area contributed by atoms with Gasteiger partial charge in [0.1, 0.15) is 73.2 Å². The number of ether oxygens (including phenoxy) is 13. The number of fused-ring (bicyclic) bond motifs is 3. The third-order valence-corrected chi connectivity index (χ3v) is 18.6. The number of carbonyl (C=O) groups is 3. The van der Waals surface area contributed by atoms with Crippen molar-refractivity contribution in [3.05, 3.63) is 0 Å². The Balaban J connectivity index is 1.34. The number of esters is 3. The lowest BCUT2D eigenvalue weighted by Gasteiger charge is -2.51. The van der Waals surface area contributed by atoms with Crippen molar-refractivity contribution >= 4 is 17.9 Å². The number of aliphatic hydroxyl groups excluding tert-OH is 8. The minimum Gasteiger partial charge on any atom is -0.457 e. The molecule has 6 saturated heterocycles. The Labute approximate surface area is 534 Å². The summed E-state index contributed by atoms with van der Waals surface area (Å²) in [5.74, 6) is -2.00. The first-order chi connectivity index (χ1) is 43.2. The predicted octanol–water partition coefficient (Wildman–Crippen LogP) is 6.65. The molecular formula is C66H116O24. The van der Waals surface area contributed by atoms with Crippen molar-refractivity contribution in [3.8, 4) is 0 Å². The van der Waals surface area contributed by atoms with Crippen LogP contribution in [0.25, 0.3) is 0 Å². The first kappa shape index (κ1) is 76.7. The average Bonchev–Trinajstić information content (AvgIpc) is 0.802. The molecule has 24 heteroatoms. The lowest BCUT2D eigenvalue weighted by atomic mass is 9.95. The van der Waals surface area contributed by atoms with E-state index in [1.165, 1.54) is 27.2 Å². The van der Waals surface area contributed by atoms with Gasteiger partial charge in [-0.2, -0.15) is 0 Å². The van der Waals surface area contributed by atoms with Gasteiger partial charge in [0.2, 0.25) is 0 Å². The Bertz CT molecular complexity index is 2030. The second-order valence-corrected chi connectivity index (χ2v) is 26.2. The summed E-state index contributed by atoms with van der Waals surface area (Å²) in [4.78, 5) is 41.5. The van der Waals surface area contributed by atoms with Gasteiger partial charge in [-0.3, -0.25) is 14.4 Å². The van der Waals surface area contributed by atoms with Gasteiger partial charge in [0.05, 0.1) is 36.6 Å². The first-order valence-electron chi connectivity index (χ1n) is 34.8. The maximum atomic E-state index is 14.4. The molecule has 0 saturated carbocycles. The van der Waals surface area contributed by atoms with Crippen molar-refractivity contribution < 1.29 is 117 Å². The molecule has 24 nitrogen and oxygen atoms in total. The van der Waals surface area contributed by atoms with Gasteiger partial charge in [0.15, 0.2) is 49.8 Å². The summed E-state index contributed by atoms with van der Waals surface area (Å²) >= 11 is 0. The summed E-state index contributed by atoms with van der Waals surface area (Å²) in [7, 11) is 0. The molecule has 0 aliphatic carbocycles. The SMILES string of the molecule is CCCCCCCCCCCC(=O)O[C@H]1[C@H](O[C@@H]2[C@H]3OC(=O)CCCCCCCCC[C@H](CCCCC)O[C@@H]4O[C@H](C)[C@H](O)[C@H](O)[C@H]4O[C@H](O[C@H]2C)[C@@H]3O)O[C@@H](C)[C@H](O[C@@H]2O[C@@H](C)[C@H](OC(=O)CCCCCCC)[C@@H](O)[C@H]2O)[C@H]1O[C@@H]1O[C@@H](C)[C@H](O)[C@@H](O)[C@H]1O. The monoisotopic (exact) mass is 1290 g/mol. The fraction of sp³-hybridized carbons (Fsp3) is 0.955. The summed E-state index contributed by atoms with van der Waals surface area (Å²) in [5.41, 5.74) is 0. The minimum atomic E-state index is -1.91. The van der Waals surface area contributed by atoms with E-state index in [4.69, 9.17) is 61.6 Å². The lowest BCUT2D eigenvalue weighted by Crippen LogP contribution is -2.68. The fourth-order valence-corrected chi connectivity index (χ4v) is 13.0. The highest BCUT2D eigenvalue weighted by Gasteiger charge is 2.58. The number of aliphatic hydroxyl groups is 8. The van der Waals surface area contributed by atoms with Crippen LogP contribution in [0.2, 0.25) is 0 Å². The molecule has 0 aromatic heterocycles. The van der Waals surface area contributed by atoms with E-state index < -0.39 is 171 Å². The molecule has 0 aromatic carbocycles. The Morgan fingerprint density at radius 3 is 1.47 bits per heavy atom. The van der Waals surface area contributed by atoms with Gasteiger partial charge in [-0.25, -0.2) is 0 Å². The van der Waals surface area contributed by atoms with E-state index in [0.717, 1.165) is 135 Å². The number of hydrogen-bond acceptors (Lipinski definition) is 24. The van der Waals surface area contributed by atoms with Crippen LogP contribution in [-0.2, 0) is 76.0 Å². The molecule has 0 unspecified atom stereocenters. The molecule has 524 valence electrons. The van der Waals surface area contributed by atoms with Crippen LogP contribution in [0.3, 0.4) is 0 Å². The van der Waals surface area contributed by atoms with Gasteiger partial charge in [-0.05, 0) is 66.7 Å². The molecule has 0 aromatic rings.